The van der Waals surface area contributed by atoms with E-state index in [4.69, 9.17) is 0 Å². The molecule has 1 saturated heterocycles. The lowest BCUT2D eigenvalue weighted by Gasteiger charge is -2.34. The average Bonchev–Trinajstić information content (AvgIpc) is 3.31. The molecule has 41 heavy (non-hydrogen) atoms. The number of nitrogens with zero attached hydrogens (tertiary/aromatic N) is 2. The number of hydrogen-bond acceptors (Lipinski definition) is 1. The van der Waals surface area contributed by atoms with E-state index in [2.05, 4.69) is 81.4 Å². The molecule has 0 amide bonds. The average molecular weight is 564 g/mol. The van der Waals surface area contributed by atoms with Crippen LogP contribution < -0.4 is 0 Å². The quantitative estimate of drug-likeness (QED) is 0.109. The van der Waals surface area contributed by atoms with Gasteiger partial charge >= 0.3 is 0 Å². The van der Waals surface area contributed by atoms with Gasteiger partial charge in [-0.05, 0) is 64.4 Å². The van der Waals surface area contributed by atoms with Gasteiger partial charge in [0.1, 0.15) is 6.54 Å². The lowest BCUT2D eigenvalue weighted by molar-refractivity contribution is -0.567. The van der Waals surface area contributed by atoms with Gasteiger partial charge in [0.15, 0.2) is 11.8 Å². The predicted molar refractivity (Wildman–Crippen MR) is 180 cm³/mol. The van der Waals surface area contributed by atoms with Crippen molar-refractivity contribution in [2.24, 2.45) is 22.7 Å². The van der Waals surface area contributed by atoms with Crippen LogP contribution in [0.4, 0.5) is 0 Å². The molecule has 4 aliphatic rings. The van der Waals surface area contributed by atoms with Gasteiger partial charge in [0, 0.05) is 48.5 Å². The second kappa shape index (κ2) is 15.4. The standard InChI is InChI=1S/C39H67N2/c1-7-9-11-13-22-30-40-34-26-20-18-24-32(34)38(3,4)36(40)28-16-15-17-29-37-39(5,6)33-25-19-21-27-35(33)41(37)31-23-14-12-10-8-2/h15-17,28-29,32-35H,7-14,18-27,30-31H2,1-6H3/q+1. The van der Waals surface area contributed by atoms with Crippen LogP contribution in [0.25, 0.3) is 0 Å². The van der Waals surface area contributed by atoms with Gasteiger partial charge in [-0.15, -0.1) is 0 Å². The summed E-state index contributed by atoms with van der Waals surface area (Å²) in [6.07, 6.45) is 37.1. The maximum absolute atomic E-state index is 2.86. The maximum atomic E-state index is 2.86. The first kappa shape index (κ1) is 32.6. The highest BCUT2D eigenvalue weighted by Gasteiger charge is 2.54. The molecular weight excluding hydrogens is 496 g/mol. The Kier molecular flexibility index (Phi) is 12.3. The fraction of sp³-hybridized carbons (Fsp3) is 0.821. The van der Waals surface area contributed by atoms with Gasteiger partial charge in [0.25, 0.3) is 0 Å². The Hall–Kier alpha value is -1.31. The summed E-state index contributed by atoms with van der Waals surface area (Å²) in [6.45, 7) is 17.3. The molecule has 2 aliphatic carbocycles. The molecule has 0 spiro atoms. The molecule has 3 fully saturated rings. The van der Waals surface area contributed by atoms with Crippen molar-refractivity contribution in [1.29, 1.82) is 0 Å². The first-order valence-electron chi connectivity index (χ1n) is 18.3. The van der Waals surface area contributed by atoms with E-state index in [1.165, 1.54) is 129 Å². The molecule has 2 heteroatoms. The second-order valence-electron chi connectivity index (χ2n) is 15.3. The third-order valence-corrected chi connectivity index (χ3v) is 11.8. The van der Waals surface area contributed by atoms with Gasteiger partial charge in [-0.3, -0.25) is 0 Å². The molecule has 0 aromatic heterocycles. The van der Waals surface area contributed by atoms with Crippen LogP contribution in [-0.4, -0.2) is 40.4 Å². The van der Waals surface area contributed by atoms with Crippen LogP contribution in [0.3, 0.4) is 0 Å². The molecule has 2 nitrogen and oxygen atoms in total. The lowest BCUT2D eigenvalue weighted by Crippen LogP contribution is -2.35. The van der Waals surface area contributed by atoms with E-state index in [1.807, 2.05) is 0 Å². The Bertz CT molecular complexity index is 931. The minimum Gasteiger partial charge on any atom is -0.371 e. The number of allylic oxidation sites excluding steroid dienone is 6. The number of fused-ring (bicyclic) bond motifs is 2. The van der Waals surface area contributed by atoms with Crippen molar-refractivity contribution in [1.82, 2.24) is 4.90 Å². The molecule has 4 atom stereocenters. The normalized spacial score (nSPS) is 30.2. The zero-order chi connectivity index (χ0) is 29.3. The SMILES string of the molecule is CCCCCCCN1\C(=C/C=C/C=C/C2=[N+](CCCCCCC)C3CCCCC3C2(C)C)C(C)(C)C2CCCCC21. The van der Waals surface area contributed by atoms with Crippen LogP contribution in [0.1, 0.15) is 157 Å². The monoisotopic (exact) mass is 564 g/mol. The molecule has 2 heterocycles. The summed E-state index contributed by atoms with van der Waals surface area (Å²) >= 11 is 0. The zero-order valence-corrected chi connectivity index (χ0v) is 28.2. The highest BCUT2D eigenvalue weighted by molar-refractivity contribution is 5.96. The fourth-order valence-electron chi connectivity index (χ4n) is 9.45. The van der Waals surface area contributed by atoms with Crippen LogP contribution >= 0.6 is 0 Å². The van der Waals surface area contributed by atoms with Crippen LogP contribution in [0, 0.1) is 22.7 Å². The molecule has 2 saturated carbocycles. The summed E-state index contributed by atoms with van der Waals surface area (Å²) in [5.74, 6) is 1.65. The van der Waals surface area contributed by atoms with Crippen molar-refractivity contribution >= 4 is 5.71 Å². The third-order valence-electron chi connectivity index (χ3n) is 11.8. The summed E-state index contributed by atoms with van der Waals surface area (Å²) in [5, 5.41) is 0. The Labute approximate surface area is 255 Å². The first-order valence-corrected chi connectivity index (χ1v) is 18.3. The highest BCUT2D eigenvalue weighted by Crippen LogP contribution is 2.53. The lowest BCUT2D eigenvalue weighted by atomic mass is 9.69. The zero-order valence-electron chi connectivity index (χ0n) is 28.2. The Balaban J connectivity index is 1.49. The van der Waals surface area contributed by atoms with Gasteiger partial charge in [0.2, 0.25) is 0 Å². The van der Waals surface area contributed by atoms with E-state index in [1.54, 1.807) is 11.4 Å². The van der Waals surface area contributed by atoms with Crippen molar-refractivity contribution in [3.05, 3.63) is 36.1 Å². The van der Waals surface area contributed by atoms with Gasteiger partial charge in [0.05, 0.1) is 5.41 Å². The van der Waals surface area contributed by atoms with Gasteiger partial charge in [-0.1, -0.05) is 110 Å². The number of rotatable bonds is 15. The summed E-state index contributed by atoms with van der Waals surface area (Å²) in [4.78, 5) is 2.86. The summed E-state index contributed by atoms with van der Waals surface area (Å²) < 4.78 is 2.86. The van der Waals surface area contributed by atoms with Gasteiger partial charge in [-0.2, -0.15) is 0 Å². The molecule has 4 rings (SSSR count). The van der Waals surface area contributed by atoms with E-state index in [9.17, 15) is 0 Å². The van der Waals surface area contributed by atoms with Crippen LogP contribution in [-0.2, 0) is 0 Å². The minimum atomic E-state index is 0.287. The van der Waals surface area contributed by atoms with E-state index in [0.717, 1.165) is 23.9 Å². The summed E-state index contributed by atoms with van der Waals surface area (Å²) in [6, 6.07) is 1.54. The highest BCUT2D eigenvalue weighted by atomic mass is 15.2. The van der Waals surface area contributed by atoms with Crippen LogP contribution in [0.2, 0.25) is 0 Å². The van der Waals surface area contributed by atoms with E-state index in [-0.39, 0.29) is 10.8 Å². The first-order chi connectivity index (χ1) is 19.8. The molecule has 0 radical (unpaired) electrons. The van der Waals surface area contributed by atoms with Crippen LogP contribution in [0.5, 0.6) is 0 Å². The van der Waals surface area contributed by atoms with Gasteiger partial charge in [-0.25, -0.2) is 4.58 Å². The van der Waals surface area contributed by atoms with E-state index < -0.39 is 0 Å². The number of hydrogen-bond donors (Lipinski definition) is 0. The molecule has 0 aromatic rings. The summed E-state index contributed by atoms with van der Waals surface area (Å²) in [7, 11) is 0. The molecule has 232 valence electrons. The van der Waals surface area contributed by atoms with Crippen molar-refractivity contribution in [2.75, 3.05) is 13.1 Å². The Morgan fingerprint density at radius 3 is 2.05 bits per heavy atom. The van der Waals surface area contributed by atoms with Crippen LogP contribution in [0.15, 0.2) is 36.1 Å². The third kappa shape index (κ3) is 7.62. The predicted octanol–water partition coefficient (Wildman–Crippen LogP) is 10.9. The minimum absolute atomic E-state index is 0.287. The number of likely N-dealkylation sites (tertiary alicyclic amines) is 1. The van der Waals surface area contributed by atoms with Gasteiger partial charge < -0.3 is 4.90 Å². The Morgan fingerprint density at radius 2 is 1.32 bits per heavy atom. The molecular formula is C39H67N2+. The topological polar surface area (TPSA) is 6.25 Å². The van der Waals surface area contributed by atoms with Crippen molar-refractivity contribution < 1.29 is 4.58 Å². The number of unbranched alkanes of at least 4 members (excludes halogenated alkanes) is 8. The van der Waals surface area contributed by atoms with E-state index >= 15 is 0 Å². The molecule has 0 N–H and O–H groups in total. The molecule has 2 aliphatic heterocycles. The van der Waals surface area contributed by atoms with Crippen molar-refractivity contribution in [3.8, 4) is 0 Å². The largest absolute Gasteiger partial charge is 0.371 e. The maximum Gasteiger partial charge on any atom is 0.182 e. The van der Waals surface area contributed by atoms with Crippen molar-refractivity contribution in [3.63, 3.8) is 0 Å². The smallest absolute Gasteiger partial charge is 0.182 e. The molecule has 4 unspecified atom stereocenters. The summed E-state index contributed by atoms with van der Waals surface area (Å²) in [5.41, 5.74) is 3.80. The fourth-order valence-corrected chi connectivity index (χ4v) is 9.45. The second-order valence-corrected chi connectivity index (χ2v) is 15.3. The molecule has 0 aromatic carbocycles. The Morgan fingerprint density at radius 1 is 0.683 bits per heavy atom. The van der Waals surface area contributed by atoms with E-state index in [0.29, 0.717) is 0 Å². The van der Waals surface area contributed by atoms with Crippen molar-refractivity contribution in [2.45, 2.75) is 169 Å². The molecule has 0 bridgehead atoms.